The van der Waals surface area contributed by atoms with Gasteiger partial charge in [-0.2, -0.15) is 11.3 Å². The monoisotopic (exact) mass is 335 g/mol. The number of amides is 1. The minimum atomic E-state index is 0.0318. The predicted molar refractivity (Wildman–Crippen MR) is 92.8 cm³/mol. The molecule has 0 aliphatic carbocycles. The molecule has 3 rings (SSSR count). The summed E-state index contributed by atoms with van der Waals surface area (Å²) >= 11 is 3.20. The maximum atomic E-state index is 12.2. The van der Waals surface area contributed by atoms with Gasteiger partial charge in [0.05, 0.1) is 10.9 Å². The van der Waals surface area contributed by atoms with E-state index in [-0.39, 0.29) is 11.9 Å². The van der Waals surface area contributed by atoms with Crippen LogP contribution in [0.25, 0.3) is 0 Å². The molecule has 22 heavy (non-hydrogen) atoms. The van der Waals surface area contributed by atoms with Crippen LogP contribution in [0.2, 0.25) is 0 Å². The summed E-state index contributed by atoms with van der Waals surface area (Å²) in [7, 11) is 2.16. The Labute approximate surface area is 139 Å². The normalized spacial score (nSPS) is 18.2. The van der Waals surface area contributed by atoms with E-state index in [0.717, 1.165) is 31.1 Å². The quantitative estimate of drug-likeness (QED) is 0.912. The van der Waals surface area contributed by atoms with E-state index in [4.69, 9.17) is 0 Å². The Morgan fingerprint density at radius 3 is 2.73 bits per heavy atom. The van der Waals surface area contributed by atoms with E-state index in [1.807, 2.05) is 17.5 Å². The van der Waals surface area contributed by atoms with Crippen LogP contribution in [0.3, 0.4) is 0 Å². The fourth-order valence-corrected chi connectivity index (χ4v) is 4.09. The molecule has 118 valence electrons. The Kier molecular flexibility index (Phi) is 5.25. The molecule has 1 atom stereocenters. The van der Waals surface area contributed by atoms with Crippen molar-refractivity contribution >= 4 is 28.6 Å². The van der Waals surface area contributed by atoms with Crippen molar-refractivity contribution in [3.05, 3.63) is 44.8 Å². The van der Waals surface area contributed by atoms with E-state index in [1.165, 1.54) is 16.9 Å². The molecule has 1 aliphatic heterocycles. The number of piperazine rings is 1. The highest BCUT2D eigenvalue weighted by atomic mass is 32.1. The third-order valence-corrected chi connectivity index (χ3v) is 5.68. The number of likely N-dealkylation sites (N-methyl/N-ethyl adjacent to an activating group) is 1. The number of thiophene rings is 2. The van der Waals surface area contributed by atoms with E-state index >= 15 is 0 Å². The minimum Gasteiger partial charge on any atom is -0.349 e. The molecule has 6 heteroatoms. The number of carbonyl (C=O) groups excluding carboxylic acids is 1. The van der Waals surface area contributed by atoms with Crippen LogP contribution in [0.1, 0.15) is 21.3 Å². The Hall–Kier alpha value is -1.21. The maximum absolute atomic E-state index is 12.2. The number of rotatable bonds is 5. The molecule has 0 unspecified atom stereocenters. The summed E-state index contributed by atoms with van der Waals surface area (Å²) in [6, 6.07) is 6.22. The molecule has 1 N–H and O–H groups in total. The summed E-state index contributed by atoms with van der Waals surface area (Å²) in [5.41, 5.74) is 1.31. The van der Waals surface area contributed by atoms with Crippen molar-refractivity contribution in [2.24, 2.45) is 0 Å². The number of nitrogens with zero attached hydrogens (tertiary/aromatic N) is 2. The number of nitrogens with one attached hydrogen (secondary N) is 1. The summed E-state index contributed by atoms with van der Waals surface area (Å²) in [6.07, 6.45) is 0. The smallest absolute Gasteiger partial charge is 0.261 e. The Morgan fingerprint density at radius 1 is 1.27 bits per heavy atom. The van der Waals surface area contributed by atoms with Crippen molar-refractivity contribution < 1.29 is 4.79 Å². The lowest BCUT2D eigenvalue weighted by Gasteiger charge is -2.37. The molecule has 0 spiro atoms. The molecule has 0 bridgehead atoms. The second kappa shape index (κ2) is 7.37. The fraction of sp³-hybridized carbons (Fsp3) is 0.438. The zero-order chi connectivity index (χ0) is 15.4. The molecule has 0 aromatic carbocycles. The van der Waals surface area contributed by atoms with Gasteiger partial charge < -0.3 is 10.2 Å². The van der Waals surface area contributed by atoms with Crippen LogP contribution in [-0.2, 0) is 0 Å². The SMILES string of the molecule is CN1CCN([C@H](CNC(=O)c2cccs2)c2ccsc2)CC1. The van der Waals surface area contributed by atoms with E-state index in [9.17, 15) is 4.79 Å². The molecule has 1 amide bonds. The van der Waals surface area contributed by atoms with Gasteiger partial charge in [-0.1, -0.05) is 6.07 Å². The van der Waals surface area contributed by atoms with Gasteiger partial charge in [-0.25, -0.2) is 0 Å². The zero-order valence-electron chi connectivity index (χ0n) is 12.7. The largest absolute Gasteiger partial charge is 0.349 e. The van der Waals surface area contributed by atoms with E-state index in [1.54, 1.807) is 11.3 Å². The molecular weight excluding hydrogens is 314 g/mol. The summed E-state index contributed by atoms with van der Waals surface area (Å²) in [4.78, 5) is 17.8. The lowest BCUT2D eigenvalue weighted by atomic mass is 10.1. The molecule has 1 aliphatic rings. The molecule has 2 aromatic rings. The third kappa shape index (κ3) is 3.76. The zero-order valence-corrected chi connectivity index (χ0v) is 14.3. The first-order valence-electron chi connectivity index (χ1n) is 7.50. The first-order chi connectivity index (χ1) is 10.7. The van der Waals surface area contributed by atoms with Gasteiger partial charge in [0.2, 0.25) is 0 Å². The molecule has 0 radical (unpaired) electrons. The van der Waals surface area contributed by atoms with E-state index in [2.05, 4.69) is 39.0 Å². The van der Waals surface area contributed by atoms with E-state index in [0.29, 0.717) is 6.54 Å². The third-order valence-electron chi connectivity index (χ3n) is 4.11. The van der Waals surface area contributed by atoms with Crippen LogP contribution in [0, 0.1) is 0 Å². The standard InChI is InChI=1S/C16H21N3OS2/c1-18-5-7-19(8-6-18)14(13-4-10-21-12-13)11-17-16(20)15-3-2-9-22-15/h2-4,9-10,12,14H,5-8,11H2,1H3,(H,17,20)/t14-/m1/s1. The summed E-state index contributed by atoms with van der Waals surface area (Å²) in [5, 5.41) is 9.34. The van der Waals surface area contributed by atoms with Crippen LogP contribution in [-0.4, -0.2) is 55.5 Å². The Morgan fingerprint density at radius 2 is 2.09 bits per heavy atom. The van der Waals surface area contributed by atoms with Crippen molar-refractivity contribution in [2.75, 3.05) is 39.8 Å². The second-order valence-corrected chi connectivity index (χ2v) is 7.33. The van der Waals surface area contributed by atoms with Crippen molar-refractivity contribution in [1.82, 2.24) is 15.1 Å². The highest BCUT2D eigenvalue weighted by Gasteiger charge is 2.24. The van der Waals surface area contributed by atoms with Crippen LogP contribution in [0.15, 0.2) is 34.3 Å². The number of hydrogen-bond donors (Lipinski definition) is 1. The van der Waals surface area contributed by atoms with Crippen molar-refractivity contribution in [1.29, 1.82) is 0 Å². The Bertz CT molecular complexity index is 575. The average molecular weight is 335 g/mol. The molecular formula is C16H21N3OS2. The van der Waals surface area contributed by atoms with Crippen LogP contribution in [0.4, 0.5) is 0 Å². The molecule has 1 fully saturated rings. The van der Waals surface area contributed by atoms with Crippen molar-refractivity contribution in [3.63, 3.8) is 0 Å². The predicted octanol–water partition coefficient (Wildman–Crippen LogP) is 2.53. The molecule has 0 saturated carbocycles. The van der Waals surface area contributed by atoms with Crippen LogP contribution >= 0.6 is 22.7 Å². The Balaban J connectivity index is 1.65. The second-order valence-electron chi connectivity index (χ2n) is 5.60. The number of hydrogen-bond acceptors (Lipinski definition) is 5. The lowest BCUT2D eigenvalue weighted by molar-refractivity contribution is 0.0890. The van der Waals surface area contributed by atoms with Gasteiger partial charge in [0.25, 0.3) is 5.91 Å². The molecule has 2 aromatic heterocycles. The average Bonchev–Trinajstić information content (AvgIpc) is 3.22. The molecule has 3 heterocycles. The summed E-state index contributed by atoms with van der Waals surface area (Å²) in [6.45, 7) is 4.92. The maximum Gasteiger partial charge on any atom is 0.261 e. The first-order valence-corrected chi connectivity index (χ1v) is 9.32. The van der Waals surface area contributed by atoms with Gasteiger partial charge in [0.15, 0.2) is 0 Å². The van der Waals surface area contributed by atoms with Gasteiger partial charge in [-0.3, -0.25) is 9.69 Å². The lowest BCUT2D eigenvalue weighted by Crippen LogP contribution is -2.48. The van der Waals surface area contributed by atoms with Crippen LogP contribution in [0.5, 0.6) is 0 Å². The van der Waals surface area contributed by atoms with Gasteiger partial charge in [-0.15, -0.1) is 11.3 Å². The molecule has 1 saturated heterocycles. The van der Waals surface area contributed by atoms with Gasteiger partial charge in [0, 0.05) is 32.7 Å². The summed E-state index contributed by atoms with van der Waals surface area (Å²) in [5.74, 6) is 0.0318. The number of carbonyl (C=O) groups is 1. The minimum absolute atomic E-state index is 0.0318. The van der Waals surface area contributed by atoms with Gasteiger partial charge in [-0.05, 0) is 40.9 Å². The van der Waals surface area contributed by atoms with Gasteiger partial charge >= 0.3 is 0 Å². The fourth-order valence-electron chi connectivity index (χ4n) is 2.74. The molecule has 4 nitrogen and oxygen atoms in total. The highest BCUT2D eigenvalue weighted by molar-refractivity contribution is 7.12. The topological polar surface area (TPSA) is 35.6 Å². The van der Waals surface area contributed by atoms with Crippen molar-refractivity contribution in [2.45, 2.75) is 6.04 Å². The first kappa shape index (κ1) is 15.7. The van der Waals surface area contributed by atoms with Crippen LogP contribution < -0.4 is 5.32 Å². The van der Waals surface area contributed by atoms with Crippen molar-refractivity contribution in [3.8, 4) is 0 Å². The highest BCUT2D eigenvalue weighted by Crippen LogP contribution is 2.24. The van der Waals surface area contributed by atoms with Gasteiger partial charge in [0.1, 0.15) is 0 Å². The van der Waals surface area contributed by atoms with E-state index < -0.39 is 0 Å². The summed E-state index contributed by atoms with van der Waals surface area (Å²) < 4.78 is 0.